The number of aryl methyl sites for hydroxylation is 1. The van der Waals surface area contributed by atoms with Crippen LogP contribution in [0.3, 0.4) is 0 Å². The van der Waals surface area contributed by atoms with Gasteiger partial charge in [-0.3, -0.25) is 4.98 Å². The van der Waals surface area contributed by atoms with E-state index < -0.39 is 0 Å². The average molecular weight is 236 g/mol. The van der Waals surface area contributed by atoms with Crippen LogP contribution in [0, 0.1) is 6.92 Å². The van der Waals surface area contributed by atoms with Crippen LogP contribution in [-0.4, -0.2) is 22.0 Å². The molecule has 3 heteroatoms. The fourth-order valence-electron chi connectivity index (χ4n) is 2.34. The van der Waals surface area contributed by atoms with Crippen molar-refractivity contribution < 1.29 is 0 Å². The van der Waals surface area contributed by atoms with Gasteiger partial charge in [0.15, 0.2) is 0 Å². The minimum atomic E-state index is 0.644. The molecule has 2 nitrogen and oxygen atoms in total. The summed E-state index contributed by atoms with van der Waals surface area (Å²) < 4.78 is 0. The van der Waals surface area contributed by atoms with Gasteiger partial charge in [0.2, 0.25) is 0 Å². The first kappa shape index (κ1) is 11.8. The van der Waals surface area contributed by atoms with E-state index in [2.05, 4.69) is 42.0 Å². The van der Waals surface area contributed by atoms with Crippen LogP contribution in [0.4, 0.5) is 5.69 Å². The first-order chi connectivity index (χ1) is 7.81. The highest BCUT2D eigenvalue weighted by Crippen LogP contribution is 2.32. The van der Waals surface area contributed by atoms with E-state index in [0.717, 1.165) is 5.25 Å². The maximum atomic E-state index is 4.13. The Morgan fingerprint density at radius 1 is 1.50 bits per heavy atom. The first-order valence-electron chi connectivity index (χ1n) is 6.10. The second-order valence-electron chi connectivity index (χ2n) is 4.37. The molecular weight excluding hydrogens is 216 g/mol. The molecule has 1 aliphatic rings. The predicted octanol–water partition coefficient (Wildman–Crippen LogP) is 3.48. The molecule has 2 atom stereocenters. The zero-order chi connectivity index (χ0) is 11.4. The highest BCUT2D eigenvalue weighted by molar-refractivity contribution is 7.99. The van der Waals surface area contributed by atoms with Gasteiger partial charge in [-0.15, -0.1) is 0 Å². The van der Waals surface area contributed by atoms with Crippen molar-refractivity contribution in [1.29, 1.82) is 0 Å². The van der Waals surface area contributed by atoms with Gasteiger partial charge in [0.25, 0.3) is 0 Å². The summed E-state index contributed by atoms with van der Waals surface area (Å²) in [6.07, 6.45) is 7.82. The molecule has 1 N–H and O–H groups in total. The fraction of sp³-hybridized carbons (Fsp3) is 0.615. The van der Waals surface area contributed by atoms with Crippen LogP contribution in [0.5, 0.6) is 0 Å². The van der Waals surface area contributed by atoms with Gasteiger partial charge in [-0.05, 0) is 37.1 Å². The van der Waals surface area contributed by atoms with Crippen molar-refractivity contribution in [3.63, 3.8) is 0 Å². The highest BCUT2D eigenvalue weighted by atomic mass is 32.2. The molecule has 2 unspecified atom stereocenters. The molecule has 1 aromatic heterocycles. The number of nitrogens with zero attached hydrogens (tertiary/aromatic N) is 1. The second-order valence-corrected chi connectivity index (χ2v) is 5.88. The van der Waals surface area contributed by atoms with E-state index in [-0.39, 0.29) is 0 Å². The lowest BCUT2D eigenvalue weighted by Gasteiger charge is -2.22. The Labute approximate surface area is 102 Å². The van der Waals surface area contributed by atoms with Gasteiger partial charge in [-0.25, -0.2) is 0 Å². The molecule has 0 radical (unpaired) electrons. The Morgan fingerprint density at radius 3 is 3.12 bits per heavy atom. The molecule has 16 heavy (non-hydrogen) atoms. The summed E-state index contributed by atoms with van der Waals surface area (Å²) in [5, 5.41) is 4.47. The molecule has 1 aromatic rings. The third-order valence-corrected chi connectivity index (χ3v) is 4.52. The van der Waals surface area contributed by atoms with Crippen molar-refractivity contribution in [2.45, 2.75) is 44.4 Å². The fourth-order valence-corrected chi connectivity index (χ4v) is 3.54. The summed E-state index contributed by atoms with van der Waals surface area (Å²) in [6, 6.07) is 2.73. The van der Waals surface area contributed by atoms with E-state index in [4.69, 9.17) is 0 Å². The molecular formula is C13H20N2S. The van der Waals surface area contributed by atoms with Crippen LogP contribution in [0.2, 0.25) is 0 Å². The van der Waals surface area contributed by atoms with Gasteiger partial charge in [-0.2, -0.15) is 11.8 Å². The number of anilines is 1. The molecule has 1 saturated carbocycles. The van der Waals surface area contributed by atoms with Crippen LogP contribution < -0.4 is 5.32 Å². The summed E-state index contributed by atoms with van der Waals surface area (Å²) in [4.78, 5) is 4.13. The van der Waals surface area contributed by atoms with E-state index >= 15 is 0 Å². The Kier molecular flexibility index (Phi) is 4.10. The maximum Gasteiger partial charge on any atom is 0.0403 e. The van der Waals surface area contributed by atoms with Crippen molar-refractivity contribution in [2.24, 2.45) is 0 Å². The van der Waals surface area contributed by atoms with Crippen molar-refractivity contribution >= 4 is 17.4 Å². The molecule has 1 aliphatic carbocycles. The van der Waals surface area contributed by atoms with Gasteiger partial charge >= 0.3 is 0 Å². The smallest absolute Gasteiger partial charge is 0.0403 e. The molecule has 1 fully saturated rings. The van der Waals surface area contributed by atoms with Crippen molar-refractivity contribution in [3.8, 4) is 0 Å². The average Bonchev–Trinajstić information content (AvgIpc) is 2.70. The highest BCUT2D eigenvalue weighted by Gasteiger charge is 2.27. The summed E-state index contributed by atoms with van der Waals surface area (Å²) in [6.45, 7) is 4.37. The van der Waals surface area contributed by atoms with Gasteiger partial charge in [0.1, 0.15) is 0 Å². The normalized spacial score (nSPS) is 24.6. The Hall–Kier alpha value is -0.700. The molecule has 0 aromatic carbocycles. The molecule has 88 valence electrons. The monoisotopic (exact) mass is 236 g/mol. The van der Waals surface area contributed by atoms with E-state index in [1.165, 1.54) is 36.3 Å². The number of nitrogens with one attached hydrogen (secondary N) is 1. The van der Waals surface area contributed by atoms with Crippen LogP contribution in [0.1, 0.15) is 31.7 Å². The topological polar surface area (TPSA) is 24.9 Å². The molecule has 0 saturated heterocycles. The zero-order valence-corrected chi connectivity index (χ0v) is 10.9. The molecule has 0 amide bonds. The number of thioether (sulfide) groups is 1. The zero-order valence-electron chi connectivity index (χ0n) is 10.1. The molecule has 1 heterocycles. The minimum Gasteiger partial charge on any atom is -0.381 e. The number of aromatic nitrogens is 1. The van der Waals surface area contributed by atoms with E-state index in [0.29, 0.717) is 6.04 Å². The number of hydrogen-bond donors (Lipinski definition) is 1. The molecule has 0 aliphatic heterocycles. The number of hydrogen-bond acceptors (Lipinski definition) is 3. The van der Waals surface area contributed by atoms with Crippen LogP contribution >= 0.6 is 11.8 Å². The van der Waals surface area contributed by atoms with Crippen molar-refractivity contribution in [2.75, 3.05) is 11.1 Å². The molecule has 0 spiro atoms. The quantitative estimate of drug-likeness (QED) is 0.866. The van der Waals surface area contributed by atoms with Gasteiger partial charge in [0, 0.05) is 29.4 Å². The van der Waals surface area contributed by atoms with Gasteiger partial charge in [0.05, 0.1) is 0 Å². The Morgan fingerprint density at radius 2 is 2.38 bits per heavy atom. The van der Waals surface area contributed by atoms with Crippen molar-refractivity contribution in [1.82, 2.24) is 4.98 Å². The Bertz CT molecular complexity index is 340. The molecule has 0 bridgehead atoms. The minimum absolute atomic E-state index is 0.644. The summed E-state index contributed by atoms with van der Waals surface area (Å²) in [7, 11) is 0. The van der Waals surface area contributed by atoms with Crippen molar-refractivity contribution in [3.05, 3.63) is 24.0 Å². The number of pyridine rings is 1. The van der Waals surface area contributed by atoms with E-state index in [9.17, 15) is 0 Å². The largest absolute Gasteiger partial charge is 0.381 e. The van der Waals surface area contributed by atoms with E-state index in [1.807, 2.05) is 12.4 Å². The molecule has 2 rings (SSSR count). The number of rotatable bonds is 4. The predicted molar refractivity (Wildman–Crippen MR) is 72.2 cm³/mol. The SMILES string of the molecule is CCSC1CCCC1Nc1ccncc1C. The first-order valence-corrected chi connectivity index (χ1v) is 7.15. The lowest BCUT2D eigenvalue weighted by atomic mass is 10.2. The standard InChI is InChI=1S/C13H20N2S/c1-3-16-13-6-4-5-12(13)15-11-7-8-14-9-10(11)2/h7-9,12-13H,3-6H2,1-2H3,(H,14,15). The lowest BCUT2D eigenvalue weighted by Crippen LogP contribution is -2.26. The van der Waals surface area contributed by atoms with Crippen LogP contribution in [0.25, 0.3) is 0 Å². The lowest BCUT2D eigenvalue weighted by molar-refractivity contribution is 0.766. The van der Waals surface area contributed by atoms with E-state index in [1.54, 1.807) is 0 Å². The third-order valence-electron chi connectivity index (χ3n) is 3.19. The maximum absolute atomic E-state index is 4.13. The third kappa shape index (κ3) is 2.70. The van der Waals surface area contributed by atoms with Crippen LogP contribution in [0.15, 0.2) is 18.5 Å². The second kappa shape index (κ2) is 5.58. The summed E-state index contributed by atoms with van der Waals surface area (Å²) >= 11 is 2.09. The summed E-state index contributed by atoms with van der Waals surface area (Å²) in [5.74, 6) is 1.22. The van der Waals surface area contributed by atoms with Gasteiger partial charge in [-0.1, -0.05) is 13.3 Å². The van der Waals surface area contributed by atoms with Gasteiger partial charge < -0.3 is 5.32 Å². The summed E-state index contributed by atoms with van der Waals surface area (Å²) in [5.41, 5.74) is 2.50. The van der Waals surface area contributed by atoms with Crippen LogP contribution in [-0.2, 0) is 0 Å². The Balaban J connectivity index is 2.01.